The first-order valence-corrected chi connectivity index (χ1v) is 13.1. The molecule has 0 bridgehead atoms. The van der Waals surface area contributed by atoms with Crippen LogP contribution in [-0.4, -0.2) is 51.0 Å². The van der Waals surface area contributed by atoms with Crippen molar-refractivity contribution in [2.24, 2.45) is 5.92 Å². The van der Waals surface area contributed by atoms with Gasteiger partial charge in [0.15, 0.2) is 27.2 Å². The number of hydrogen-bond donors (Lipinski definition) is 0. The van der Waals surface area contributed by atoms with Crippen LogP contribution in [0.1, 0.15) is 40.0 Å². The lowest BCUT2D eigenvalue weighted by Crippen LogP contribution is -2.41. The van der Waals surface area contributed by atoms with Crippen LogP contribution in [0.5, 0.6) is 5.75 Å². The number of amides is 1. The lowest BCUT2D eigenvalue weighted by Gasteiger charge is -2.33. The molecule has 34 heavy (non-hydrogen) atoms. The van der Waals surface area contributed by atoms with Crippen LogP contribution in [-0.2, 0) is 14.6 Å². The molecule has 0 radical (unpaired) electrons. The summed E-state index contributed by atoms with van der Waals surface area (Å²) in [6.45, 7) is 6.80. The summed E-state index contributed by atoms with van der Waals surface area (Å²) in [4.78, 5) is 14.0. The highest BCUT2D eigenvalue weighted by molar-refractivity contribution is 7.90. The summed E-state index contributed by atoms with van der Waals surface area (Å²) in [6, 6.07) is 8.17. The van der Waals surface area contributed by atoms with Crippen molar-refractivity contribution in [2.75, 3.05) is 26.0 Å². The van der Waals surface area contributed by atoms with Gasteiger partial charge < -0.3 is 14.4 Å². The minimum atomic E-state index is -3.35. The van der Waals surface area contributed by atoms with Crippen LogP contribution < -0.4 is 4.74 Å². The van der Waals surface area contributed by atoms with E-state index in [1.165, 1.54) is 36.4 Å². The van der Waals surface area contributed by atoms with Crippen molar-refractivity contribution in [3.8, 4) is 16.9 Å². The molecule has 0 saturated carbocycles. The Balaban J connectivity index is 1.54. The van der Waals surface area contributed by atoms with E-state index in [9.17, 15) is 22.0 Å². The summed E-state index contributed by atoms with van der Waals surface area (Å²) in [7, 11) is -3.35. The number of nitrogens with zero attached hydrogens (tertiary/aromatic N) is 1. The molecular weight excluding hydrogens is 464 g/mol. The topological polar surface area (TPSA) is 72.9 Å². The molecule has 6 nitrogen and oxygen atoms in total. The standard InChI is InChI=1S/C25H31F2NO5S/c1-25(2,3)33-24(29)28-12-9-17(10-13-28)11-14-32-23-21(26)15-19(16-22(23)27)18-5-7-20(8-6-18)34(4,30)31/h5-8,15-17H,9-14H2,1-4H3. The molecule has 186 valence electrons. The summed E-state index contributed by atoms with van der Waals surface area (Å²) >= 11 is 0. The number of benzene rings is 2. The minimum Gasteiger partial charge on any atom is -0.488 e. The molecule has 1 aliphatic heterocycles. The van der Waals surface area contributed by atoms with Crippen molar-refractivity contribution in [3.63, 3.8) is 0 Å². The van der Waals surface area contributed by atoms with E-state index in [0.29, 0.717) is 25.1 Å². The van der Waals surface area contributed by atoms with Crippen molar-refractivity contribution in [1.82, 2.24) is 4.90 Å². The molecule has 1 fully saturated rings. The Morgan fingerprint density at radius 3 is 2.09 bits per heavy atom. The number of halogens is 2. The number of hydrogen-bond acceptors (Lipinski definition) is 5. The number of rotatable bonds is 6. The van der Waals surface area contributed by atoms with Gasteiger partial charge in [-0.3, -0.25) is 0 Å². The van der Waals surface area contributed by atoms with E-state index >= 15 is 0 Å². The van der Waals surface area contributed by atoms with Gasteiger partial charge in [-0.05, 0) is 81.3 Å². The van der Waals surface area contributed by atoms with Gasteiger partial charge in [0.1, 0.15) is 5.60 Å². The SMILES string of the molecule is CC(C)(C)OC(=O)N1CCC(CCOc2c(F)cc(-c3ccc(S(C)(=O)=O)cc3)cc2F)CC1. The molecule has 0 aliphatic carbocycles. The summed E-state index contributed by atoms with van der Waals surface area (Å²) in [5, 5.41) is 0. The lowest BCUT2D eigenvalue weighted by molar-refractivity contribution is 0.0176. The normalized spacial score (nSPS) is 15.3. The number of carbonyl (C=O) groups excluding carboxylic acids is 1. The van der Waals surface area contributed by atoms with E-state index < -0.39 is 32.8 Å². The molecule has 1 heterocycles. The van der Waals surface area contributed by atoms with E-state index in [4.69, 9.17) is 9.47 Å². The maximum Gasteiger partial charge on any atom is 0.410 e. The second-order valence-corrected chi connectivity index (χ2v) is 11.6. The molecule has 0 aromatic heterocycles. The predicted octanol–water partition coefficient (Wildman–Crippen LogP) is 5.45. The summed E-state index contributed by atoms with van der Waals surface area (Å²) in [5.41, 5.74) is 0.246. The van der Waals surface area contributed by atoms with Crippen LogP contribution in [0.4, 0.5) is 13.6 Å². The van der Waals surface area contributed by atoms with Gasteiger partial charge >= 0.3 is 6.09 Å². The van der Waals surface area contributed by atoms with Crippen molar-refractivity contribution in [1.29, 1.82) is 0 Å². The van der Waals surface area contributed by atoms with Crippen LogP contribution in [0.15, 0.2) is 41.3 Å². The van der Waals surface area contributed by atoms with Gasteiger partial charge in [0.2, 0.25) is 0 Å². The molecule has 1 saturated heterocycles. The van der Waals surface area contributed by atoms with Crippen molar-refractivity contribution in [3.05, 3.63) is 48.0 Å². The van der Waals surface area contributed by atoms with Gasteiger partial charge in [0, 0.05) is 19.3 Å². The maximum absolute atomic E-state index is 14.6. The van der Waals surface area contributed by atoms with E-state index in [1.54, 1.807) is 4.90 Å². The Bertz CT molecular complexity index is 1100. The molecular formula is C25H31F2NO5S. The van der Waals surface area contributed by atoms with Crippen LogP contribution in [0, 0.1) is 17.6 Å². The lowest BCUT2D eigenvalue weighted by atomic mass is 9.94. The molecule has 1 aliphatic rings. The van der Waals surface area contributed by atoms with E-state index in [2.05, 4.69) is 0 Å². The fourth-order valence-corrected chi connectivity index (χ4v) is 4.45. The fraction of sp³-hybridized carbons (Fsp3) is 0.480. The first kappa shape index (κ1) is 25.9. The third kappa shape index (κ3) is 6.91. The van der Waals surface area contributed by atoms with Crippen LogP contribution in [0.25, 0.3) is 11.1 Å². The van der Waals surface area contributed by atoms with E-state index in [0.717, 1.165) is 19.1 Å². The molecule has 2 aromatic rings. The molecule has 2 aromatic carbocycles. The Labute approximate surface area is 199 Å². The predicted molar refractivity (Wildman–Crippen MR) is 126 cm³/mol. The second-order valence-electron chi connectivity index (χ2n) is 9.61. The van der Waals surface area contributed by atoms with Gasteiger partial charge in [-0.1, -0.05) is 12.1 Å². The summed E-state index contributed by atoms with van der Waals surface area (Å²) < 4.78 is 63.2. The highest BCUT2D eigenvalue weighted by atomic mass is 32.2. The zero-order valence-corrected chi connectivity index (χ0v) is 20.8. The molecule has 0 spiro atoms. The van der Waals surface area contributed by atoms with Gasteiger partial charge in [0.05, 0.1) is 11.5 Å². The van der Waals surface area contributed by atoms with Gasteiger partial charge in [-0.25, -0.2) is 22.0 Å². The first-order valence-electron chi connectivity index (χ1n) is 11.2. The average Bonchev–Trinajstić information content (AvgIpc) is 2.74. The second kappa shape index (κ2) is 10.3. The Morgan fingerprint density at radius 2 is 1.59 bits per heavy atom. The summed E-state index contributed by atoms with van der Waals surface area (Å²) in [6.07, 6.45) is 2.94. The molecule has 0 unspecified atom stereocenters. The zero-order valence-electron chi connectivity index (χ0n) is 19.9. The van der Waals surface area contributed by atoms with Crippen molar-refractivity contribution < 1.29 is 31.5 Å². The number of sulfone groups is 1. The van der Waals surface area contributed by atoms with Crippen molar-refractivity contribution >= 4 is 15.9 Å². The van der Waals surface area contributed by atoms with E-state index in [1.807, 2.05) is 20.8 Å². The maximum atomic E-state index is 14.6. The monoisotopic (exact) mass is 495 g/mol. The molecule has 0 atom stereocenters. The number of carbonyl (C=O) groups is 1. The Kier molecular flexibility index (Phi) is 7.85. The average molecular weight is 496 g/mol. The van der Waals surface area contributed by atoms with Crippen LogP contribution >= 0.6 is 0 Å². The van der Waals surface area contributed by atoms with Crippen molar-refractivity contribution in [2.45, 2.75) is 50.5 Å². The van der Waals surface area contributed by atoms with Crippen LogP contribution in [0.3, 0.4) is 0 Å². The Morgan fingerprint density at radius 1 is 1.03 bits per heavy atom. The number of likely N-dealkylation sites (tertiary alicyclic amines) is 1. The van der Waals surface area contributed by atoms with Crippen LogP contribution in [0.2, 0.25) is 0 Å². The largest absolute Gasteiger partial charge is 0.488 e. The highest BCUT2D eigenvalue weighted by Crippen LogP contribution is 2.30. The third-order valence-corrected chi connectivity index (χ3v) is 6.78. The summed E-state index contributed by atoms with van der Waals surface area (Å²) in [5.74, 6) is -1.77. The van der Waals surface area contributed by atoms with Gasteiger partial charge in [0.25, 0.3) is 0 Å². The van der Waals surface area contributed by atoms with E-state index in [-0.39, 0.29) is 29.1 Å². The first-order chi connectivity index (χ1) is 15.8. The minimum absolute atomic E-state index is 0.133. The molecule has 0 N–H and O–H groups in total. The smallest absolute Gasteiger partial charge is 0.410 e. The fourth-order valence-electron chi connectivity index (χ4n) is 3.82. The number of ether oxygens (including phenoxy) is 2. The molecule has 1 amide bonds. The molecule has 9 heteroatoms. The highest BCUT2D eigenvalue weighted by Gasteiger charge is 2.27. The molecule has 3 rings (SSSR count). The number of piperidine rings is 1. The van der Waals surface area contributed by atoms with Gasteiger partial charge in [-0.2, -0.15) is 0 Å². The van der Waals surface area contributed by atoms with Gasteiger partial charge in [-0.15, -0.1) is 0 Å². The zero-order chi connectivity index (χ0) is 25.1. The third-order valence-electron chi connectivity index (χ3n) is 5.65. The quantitative estimate of drug-likeness (QED) is 0.533. The Hall–Kier alpha value is -2.68.